The Hall–Kier alpha value is -0.720. The zero-order valence-electron chi connectivity index (χ0n) is 10.3. The fourth-order valence-electron chi connectivity index (χ4n) is 2.69. The number of pyridine rings is 1. The molecule has 0 radical (unpaired) electrons. The standard InChI is InChI=1S/C12H12ClF3N2O.ClH/c13-9-2-8(12(14,15)16)5-18-11(9)19-10-6-1-7(10)4-17-3-6;/h2,5-7,10,17H,1,3-4H2;1H/t6-,7+,10?;. The number of halogens is 5. The molecule has 0 amide bonds. The fourth-order valence-corrected chi connectivity index (χ4v) is 2.90. The van der Waals surface area contributed by atoms with Crippen molar-refractivity contribution >= 4 is 24.0 Å². The van der Waals surface area contributed by atoms with E-state index in [2.05, 4.69) is 10.3 Å². The lowest BCUT2D eigenvalue weighted by atomic mass is 9.69. The number of hydrogen-bond acceptors (Lipinski definition) is 3. The van der Waals surface area contributed by atoms with Gasteiger partial charge in [0.05, 0.1) is 5.56 Å². The molecular weight excluding hydrogens is 316 g/mol. The molecule has 1 aromatic heterocycles. The molecule has 1 N–H and O–H groups in total. The molecule has 3 atom stereocenters. The average Bonchev–Trinajstić information content (AvgIpc) is 2.36. The van der Waals surface area contributed by atoms with Gasteiger partial charge < -0.3 is 10.1 Å². The minimum absolute atomic E-state index is 0. The number of piperidine rings is 2. The zero-order chi connectivity index (χ0) is 13.6. The van der Waals surface area contributed by atoms with E-state index in [1.165, 1.54) is 0 Å². The molecule has 2 fully saturated rings. The van der Waals surface area contributed by atoms with E-state index in [0.29, 0.717) is 11.8 Å². The van der Waals surface area contributed by atoms with E-state index in [4.69, 9.17) is 16.3 Å². The largest absolute Gasteiger partial charge is 0.473 e. The van der Waals surface area contributed by atoms with Crippen LogP contribution in [0.2, 0.25) is 5.02 Å². The van der Waals surface area contributed by atoms with Crippen LogP contribution in [-0.2, 0) is 6.18 Å². The predicted octanol–water partition coefficient (Wildman–Crippen LogP) is 3.16. The molecule has 2 aliphatic rings. The summed E-state index contributed by atoms with van der Waals surface area (Å²) in [6.45, 7) is 1.75. The molecule has 1 aromatic rings. The molecule has 1 aliphatic carbocycles. The third-order valence-corrected chi connectivity index (χ3v) is 4.00. The van der Waals surface area contributed by atoms with E-state index in [-0.39, 0.29) is 29.4 Å². The Morgan fingerprint density at radius 1 is 1.30 bits per heavy atom. The molecule has 0 aromatic carbocycles. The second-order valence-electron chi connectivity index (χ2n) is 5.01. The summed E-state index contributed by atoms with van der Waals surface area (Å²) in [7, 11) is 0. The van der Waals surface area contributed by atoms with Crippen molar-refractivity contribution in [3.05, 3.63) is 22.8 Å². The quantitative estimate of drug-likeness (QED) is 0.905. The molecule has 2 bridgehead atoms. The molecule has 8 heteroatoms. The van der Waals surface area contributed by atoms with Crippen LogP contribution in [0, 0.1) is 11.8 Å². The van der Waals surface area contributed by atoms with Gasteiger partial charge in [-0.15, -0.1) is 12.4 Å². The van der Waals surface area contributed by atoms with Crippen molar-refractivity contribution < 1.29 is 17.9 Å². The fraction of sp³-hybridized carbons (Fsp3) is 0.583. The van der Waals surface area contributed by atoms with Crippen LogP contribution in [0.3, 0.4) is 0 Å². The van der Waals surface area contributed by atoms with Gasteiger partial charge >= 0.3 is 6.18 Å². The van der Waals surface area contributed by atoms with Gasteiger partial charge in [0.1, 0.15) is 11.1 Å². The van der Waals surface area contributed by atoms with Gasteiger partial charge in [0.2, 0.25) is 5.88 Å². The van der Waals surface area contributed by atoms with Gasteiger partial charge in [-0.3, -0.25) is 0 Å². The minimum atomic E-state index is -4.44. The van der Waals surface area contributed by atoms with E-state index in [9.17, 15) is 13.2 Å². The highest BCUT2D eigenvalue weighted by Gasteiger charge is 2.46. The van der Waals surface area contributed by atoms with Crippen molar-refractivity contribution in [2.45, 2.75) is 18.7 Å². The maximum absolute atomic E-state index is 12.5. The summed E-state index contributed by atoms with van der Waals surface area (Å²) in [4.78, 5) is 3.70. The molecule has 1 aliphatic heterocycles. The SMILES string of the molecule is Cl.FC(F)(F)c1cnc(OC2[C@@H]3CNC[C@H]2C3)c(Cl)c1. The van der Waals surface area contributed by atoms with Crippen LogP contribution in [0.25, 0.3) is 0 Å². The Morgan fingerprint density at radius 2 is 1.95 bits per heavy atom. The first-order valence-electron chi connectivity index (χ1n) is 6.05. The smallest absolute Gasteiger partial charge is 0.417 e. The summed E-state index contributed by atoms with van der Waals surface area (Å²) in [5.41, 5.74) is -0.861. The highest BCUT2D eigenvalue weighted by molar-refractivity contribution is 6.31. The van der Waals surface area contributed by atoms with E-state index in [1.807, 2.05) is 0 Å². The van der Waals surface area contributed by atoms with E-state index in [1.54, 1.807) is 0 Å². The maximum atomic E-state index is 12.5. The molecule has 20 heavy (non-hydrogen) atoms. The van der Waals surface area contributed by atoms with E-state index >= 15 is 0 Å². The van der Waals surface area contributed by atoms with Crippen LogP contribution in [0.15, 0.2) is 12.3 Å². The van der Waals surface area contributed by atoms with E-state index < -0.39 is 11.7 Å². The summed E-state index contributed by atoms with van der Waals surface area (Å²) >= 11 is 5.81. The molecular formula is C12H13Cl2F3N2O. The summed E-state index contributed by atoms with van der Waals surface area (Å²) in [6.07, 6.45) is -2.57. The summed E-state index contributed by atoms with van der Waals surface area (Å²) in [6, 6.07) is 0.858. The van der Waals surface area contributed by atoms with Crippen molar-refractivity contribution in [2.24, 2.45) is 11.8 Å². The minimum Gasteiger partial charge on any atom is -0.473 e. The van der Waals surface area contributed by atoms with Crippen LogP contribution >= 0.6 is 24.0 Å². The molecule has 0 spiro atoms. The Bertz CT molecular complexity index is 484. The van der Waals surface area contributed by atoms with Gasteiger partial charge in [-0.05, 0) is 12.5 Å². The number of rotatable bonds is 2. The van der Waals surface area contributed by atoms with Crippen molar-refractivity contribution in [1.29, 1.82) is 0 Å². The van der Waals surface area contributed by atoms with Crippen LogP contribution in [0.1, 0.15) is 12.0 Å². The van der Waals surface area contributed by atoms with Gasteiger partial charge in [-0.1, -0.05) is 11.6 Å². The first-order chi connectivity index (χ1) is 8.95. The molecule has 1 unspecified atom stereocenters. The number of aromatic nitrogens is 1. The molecule has 1 saturated carbocycles. The van der Waals surface area contributed by atoms with Crippen LogP contribution < -0.4 is 10.1 Å². The van der Waals surface area contributed by atoms with Gasteiger partial charge in [0.25, 0.3) is 0 Å². The molecule has 3 nitrogen and oxygen atoms in total. The Balaban J connectivity index is 0.00000147. The second-order valence-corrected chi connectivity index (χ2v) is 5.41. The number of nitrogens with zero attached hydrogens (tertiary/aromatic N) is 1. The lowest BCUT2D eigenvalue weighted by Gasteiger charge is -2.48. The molecule has 2 heterocycles. The molecule has 112 valence electrons. The third-order valence-electron chi connectivity index (χ3n) is 3.73. The van der Waals surface area contributed by atoms with Crippen LogP contribution in [0.4, 0.5) is 13.2 Å². The van der Waals surface area contributed by atoms with Crippen LogP contribution in [0.5, 0.6) is 5.88 Å². The summed E-state index contributed by atoms with van der Waals surface area (Å²) < 4.78 is 43.1. The van der Waals surface area contributed by atoms with Crippen molar-refractivity contribution in [1.82, 2.24) is 10.3 Å². The lowest BCUT2D eigenvalue weighted by Crippen LogP contribution is -2.59. The number of ether oxygens (including phenoxy) is 1. The number of alkyl halides is 3. The van der Waals surface area contributed by atoms with Gasteiger partial charge in [-0.2, -0.15) is 13.2 Å². The van der Waals surface area contributed by atoms with Gasteiger partial charge in [0, 0.05) is 31.1 Å². The highest BCUT2D eigenvalue weighted by atomic mass is 35.5. The van der Waals surface area contributed by atoms with Crippen molar-refractivity contribution in [2.75, 3.05) is 13.1 Å². The first-order valence-corrected chi connectivity index (χ1v) is 6.43. The normalized spacial score (nSPS) is 28.3. The first kappa shape index (κ1) is 15.7. The highest BCUT2D eigenvalue weighted by Crippen LogP contribution is 2.41. The Labute approximate surface area is 125 Å². The zero-order valence-corrected chi connectivity index (χ0v) is 11.9. The van der Waals surface area contributed by atoms with Crippen LogP contribution in [-0.4, -0.2) is 24.2 Å². The predicted molar refractivity (Wildman–Crippen MR) is 70.4 cm³/mol. The lowest BCUT2D eigenvalue weighted by molar-refractivity contribution is -0.137. The van der Waals surface area contributed by atoms with Gasteiger partial charge in [0.15, 0.2) is 0 Å². The third kappa shape index (κ3) is 2.82. The maximum Gasteiger partial charge on any atom is 0.417 e. The number of fused-ring (bicyclic) bond motifs is 2. The Morgan fingerprint density at radius 3 is 2.45 bits per heavy atom. The summed E-state index contributed by atoms with van der Waals surface area (Å²) in [5.74, 6) is 0.897. The molecule has 3 rings (SSSR count). The Kier molecular flexibility index (Phi) is 4.37. The average molecular weight is 329 g/mol. The van der Waals surface area contributed by atoms with Crippen molar-refractivity contribution in [3.8, 4) is 5.88 Å². The number of nitrogens with one attached hydrogen (secondary N) is 1. The van der Waals surface area contributed by atoms with E-state index in [0.717, 1.165) is 31.8 Å². The van der Waals surface area contributed by atoms with Crippen molar-refractivity contribution in [3.63, 3.8) is 0 Å². The monoisotopic (exact) mass is 328 g/mol. The summed E-state index contributed by atoms with van der Waals surface area (Å²) in [5, 5.41) is 3.17. The second kappa shape index (κ2) is 5.58. The number of hydrogen-bond donors (Lipinski definition) is 1. The molecule has 1 saturated heterocycles. The topological polar surface area (TPSA) is 34.1 Å². The van der Waals surface area contributed by atoms with Gasteiger partial charge in [-0.25, -0.2) is 4.98 Å².